The molecule has 1 aromatic rings. The lowest BCUT2D eigenvalue weighted by Crippen LogP contribution is -2.46. The van der Waals surface area contributed by atoms with Crippen molar-refractivity contribution in [2.75, 3.05) is 27.3 Å². The molecule has 1 heterocycles. The Hall–Kier alpha value is -1.55. The quantitative estimate of drug-likeness (QED) is 0.640. The van der Waals surface area contributed by atoms with Gasteiger partial charge in [0.1, 0.15) is 0 Å². The zero-order valence-electron chi connectivity index (χ0n) is 16.5. The zero-order chi connectivity index (χ0) is 20.0. The lowest BCUT2D eigenvalue weighted by molar-refractivity contribution is -0.122. The first-order chi connectivity index (χ1) is 12.8. The third kappa shape index (κ3) is 6.23. The number of methoxy groups -OCH3 is 2. The summed E-state index contributed by atoms with van der Waals surface area (Å²) in [6.07, 6.45) is 2.19. The number of amides is 1. The first kappa shape index (κ1) is 24.5. The van der Waals surface area contributed by atoms with Crippen molar-refractivity contribution in [1.82, 2.24) is 9.62 Å². The number of nitrogens with zero attached hydrogens (tertiary/aromatic N) is 1. The number of ether oxygens (including phenoxy) is 2. The number of carbonyl (C=O) groups excluding carboxylic acids is 1. The summed E-state index contributed by atoms with van der Waals surface area (Å²) >= 11 is 0. The number of carbonyl (C=O) groups is 1. The molecule has 1 saturated heterocycles. The van der Waals surface area contributed by atoms with Crippen molar-refractivity contribution in [3.05, 3.63) is 18.2 Å². The van der Waals surface area contributed by atoms with Crippen molar-refractivity contribution in [2.45, 2.75) is 49.6 Å². The molecule has 1 aromatic carbocycles. The molecule has 1 aliphatic rings. The van der Waals surface area contributed by atoms with Gasteiger partial charge in [-0.2, -0.15) is 4.31 Å². The van der Waals surface area contributed by atoms with E-state index in [1.807, 2.05) is 6.92 Å². The maximum Gasteiger partial charge on any atom is 0.243 e. The molecule has 1 atom stereocenters. The molecule has 0 aliphatic carbocycles. The lowest BCUT2D eigenvalue weighted by atomic mass is 10.1. The average molecular weight is 436 g/mol. The summed E-state index contributed by atoms with van der Waals surface area (Å²) < 4.78 is 37.6. The number of nitrogens with one attached hydrogen (secondary N) is 1. The molecule has 8 nitrogen and oxygen atoms in total. The van der Waals surface area contributed by atoms with Crippen molar-refractivity contribution in [2.24, 2.45) is 5.73 Å². The molecule has 0 bridgehead atoms. The van der Waals surface area contributed by atoms with Gasteiger partial charge in [0, 0.05) is 37.7 Å². The number of sulfonamides is 1. The molecule has 0 saturated carbocycles. The minimum Gasteiger partial charge on any atom is -0.493 e. The number of piperidine rings is 1. The minimum absolute atomic E-state index is 0. The van der Waals surface area contributed by atoms with Gasteiger partial charge in [0.25, 0.3) is 0 Å². The second-order valence-electron chi connectivity index (χ2n) is 6.78. The van der Waals surface area contributed by atoms with Crippen LogP contribution in [0.4, 0.5) is 0 Å². The number of benzene rings is 1. The summed E-state index contributed by atoms with van der Waals surface area (Å²) in [5, 5.41) is 2.97. The van der Waals surface area contributed by atoms with Crippen LogP contribution in [0.1, 0.15) is 32.6 Å². The van der Waals surface area contributed by atoms with E-state index in [0.29, 0.717) is 50.3 Å². The molecule has 1 aliphatic heterocycles. The fourth-order valence-electron chi connectivity index (χ4n) is 3.03. The molecule has 10 heteroatoms. The van der Waals surface area contributed by atoms with E-state index in [4.69, 9.17) is 15.2 Å². The Morgan fingerprint density at radius 1 is 1.25 bits per heavy atom. The van der Waals surface area contributed by atoms with E-state index in [1.165, 1.54) is 30.7 Å². The maximum absolute atomic E-state index is 12.9. The van der Waals surface area contributed by atoms with Crippen LogP contribution in [-0.2, 0) is 14.8 Å². The van der Waals surface area contributed by atoms with Crippen molar-refractivity contribution in [3.63, 3.8) is 0 Å². The summed E-state index contributed by atoms with van der Waals surface area (Å²) in [6.45, 7) is 2.58. The maximum atomic E-state index is 12.9. The molecule has 0 spiro atoms. The molecule has 28 heavy (non-hydrogen) atoms. The van der Waals surface area contributed by atoms with Gasteiger partial charge in [-0.3, -0.25) is 4.79 Å². The van der Waals surface area contributed by atoms with Gasteiger partial charge < -0.3 is 20.5 Å². The molecule has 3 N–H and O–H groups in total. The van der Waals surface area contributed by atoms with Crippen LogP contribution in [0.25, 0.3) is 0 Å². The molecule has 1 unspecified atom stereocenters. The third-order valence-corrected chi connectivity index (χ3v) is 6.53. The number of hydrogen-bond donors (Lipinski definition) is 2. The normalized spacial score (nSPS) is 16.7. The van der Waals surface area contributed by atoms with Crippen LogP contribution in [0, 0.1) is 0 Å². The number of halogens is 1. The van der Waals surface area contributed by atoms with Gasteiger partial charge in [-0.15, -0.1) is 12.4 Å². The van der Waals surface area contributed by atoms with Crippen molar-refractivity contribution in [1.29, 1.82) is 0 Å². The Labute approximate surface area is 173 Å². The fourth-order valence-corrected chi connectivity index (χ4v) is 4.51. The molecular formula is C18H30ClN3O5S. The highest BCUT2D eigenvalue weighted by molar-refractivity contribution is 7.89. The zero-order valence-corrected chi connectivity index (χ0v) is 18.1. The van der Waals surface area contributed by atoms with Gasteiger partial charge >= 0.3 is 0 Å². The molecule has 0 radical (unpaired) electrons. The van der Waals surface area contributed by atoms with Crippen LogP contribution in [-0.4, -0.2) is 58.0 Å². The summed E-state index contributed by atoms with van der Waals surface area (Å²) in [5.41, 5.74) is 5.66. The van der Waals surface area contributed by atoms with Gasteiger partial charge in [-0.05, 0) is 38.3 Å². The Kier molecular flexibility index (Phi) is 9.49. The standard InChI is InChI=1S/C18H29N3O5S.ClH/c1-13(19)4-7-18(22)20-14-8-10-21(11-9-14)27(23,24)15-5-6-16(25-2)17(12-15)26-3;/h5-6,12-14H,4,7-11,19H2,1-3H3,(H,20,22);1H. The van der Waals surface area contributed by atoms with Crippen LogP contribution < -0.4 is 20.5 Å². The van der Waals surface area contributed by atoms with E-state index in [1.54, 1.807) is 6.07 Å². The first-order valence-corrected chi connectivity index (χ1v) is 10.5. The van der Waals surface area contributed by atoms with Crippen molar-refractivity contribution in [3.8, 4) is 11.5 Å². The van der Waals surface area contributed by atoms with Crippen LogP contribution >= 0.6 is 12.4 Å². The topological polar surface area (TPSA) is 111 Å². The predicted octanol–water partition coefficient (Wildman–Crippen LogP) is 1.52. The van der Waals surface area contributed by atoms with Gasteiger partial charge in [0.05, 0.1) is 19.1 Å². The van der Waals surface area contributed by atoms with Gasteiger partial charge in [-0.25, -0.2) is 8.42 Å². The van der Waals surface area contributed by atoms with E-state index in [2.05, 4.69) is 5.32 Å². The Balaban J connectivity index is 0.00000392. The second-order valence-corrected chi connectivity index (χ2v) is 8.72. The van der Waals surface area contributed by atoms with E-state index in [0.717, 1.165) is 0 Å². The molecular weight excluding hydrogens is 406 g/mol. The van der Waals surface area contributed by atoms with Crippen LogP contribution in [0.15, 0.2) is 23.1 Å². The highest BCUT2D eigenvalue weighted by Crippen LogP contribution is 2.31. The molecule has 1 amide bonds. The fraction of sp³-hybridized carbons (Fsp3) is 0.611. The third-order valence-electron chi connectivity index (χ3n) is 4.64. The van der Waals surface area contributed by atoms with Gasteiger partial charge in [0.2, 0.25) is 15.9 Å². The van der Waals surface area contributed by atoms with Crippen molar-refractivity contribution < 1.29 is 22.7 Å². The van der Waals surface area contributed by atoms with Crippen LogP contribution in [0.5, 0.6) is 11.5 Å². The predicted molar refractivity (Wildman–Crippen MR) is 110 cm³/mol. The number of hydrogen-bond acceptors (Lipinski definition) is 6. The van der Waals surface area contributed by atoms with Crippen LogP contribution in [0.3, 0.4) is 0 Å². The van der Waals surface area contributed by atoms with Gasteiger partial charge in [0.15, 0.2) is 11.5 Å². The molecule has 160 valence electrons. The SMILES string of the molecule is COc1ccc(S(=O)(=O)N2CCC(NC(=O)CCC(C)N)CC2)cc1OC.Cl. The minimum atomic E-state index is -3.62. The van der Waals surface area contributed by atoms with Crippen molar-refractivity contribution >= 4 is 28.3 Å². The van der Waals surface area contributed by atoms with E-state index >= 15 is 0 Å². The molecule has 0 aromatic heterocycles. The smallest absolute Gasteiger partial charge is 0.243 e. The number of nitrogens with two attached hydrogens (primary N) is 1. The Morgan fingerprint density at radius 3 is 2.39 bits per heavy atom. The van der Waals surface area contributed by atoms with Crippen LogP contribution in [0.2, 0.25) is 0 Å². The second kappa shape index (κ2) is 10.8. The summed E-state index contributed by atoms with van der Waals surface area (Å²) in [6, 6.07) is 4.54. The summed E-state index contributed by atoms with van der Waals surface area (Å²) in [5.74, 6) is 0.813. The van der Waals surface area contributed by atoms with E-state index in [-0.39, 0.29) is 35.3 Å². The largest absolute Gasteiger partial charge is 0.493 e. The summed E-state index contributed by atoms with van der Waals surface area (Å²) in [7, 11) is -0.659. The highest BCUT2D eigenvalue weighted by atomic mass is 35.5. The molecule has 1 fully saturated rings. The van der Waals surface area contributed by atoms with E-state index < -0.39 is 10.0 Å². The Bertz CT molecular complexity index is 750. The lowest BCUT2D eigenvalue weighted by Gasteiger charge is -2.31. The average Bonchev–Trinajstić information content (AvgIpc) is 2.66. The Morgan fingerprint density at radius 2 is 1.86 bits per heavy atom. The summed E-state index contributed by atoms with van der Waals surface area (Å²) in [4.78, 5) is 12.1. The highest BCUT2D eigenvalue weighted by Gasteiger charge is 2.30. The van der Waals surface area contributed by atoms with Gasteiger partial charge in [-0.1, -0.05) is 0 Å². The monoisotopic (exact) mass is 435 g/mol. The molecule has 2 rings (SSSR count). The number of rotatable bonds is 8. The first-order valence-electron chi connectivity index (χ1n) is 9.05. The van der Waals surface area contributed by atoms with E-state index in [9.17, 15) is 13.2 Å².